The fourth-order valence-corrected chi connectivity index (χ4v) is 10.8. The highest BCUT2D eigenvalue weighted by Crippen LogP contribution is 2.58. The van der Waals surface area contributed by atoms with Crippen LogP contribution in [0.3, 0.4) is 0 Å². The number of fused-ring (bicyclic) bond motifs is 7. The Morgan fingerprint density at radius 1 is 0.318 bits per heavy atom. The summed E-state index contributed by atoms with van der Waals surface area (Å²) in [6, 6.07) is 87.1. The van der Waals surface area contributed by atoms with Crippen molar-refractivity contribution in [1.29, 1.82) is 0 Å². The van der Waals surface area contributed by atoms with E-state index in [9.17, 15) is 0 Å². The Morgan fingerprint density at radius 3 is 1.58 bits per heavy atom. The zero-order chi connectivity index (χ0) is 43.6. The van der Waals surface area contributed by atoms with Gasteiger partial charge in [-0.25, -0.2) is 9.97 Å². The molecule has 0 saturated heterocycles. The number of nitrogens with zero attached hydrogens (tertiary/aromatic N) is 2. The molecule has 0 saturated carbocycles. The molecule has 1 aliphatic rings. The highest BCUT2D eigenvalue weighted by molar-refractivity contribution is 6.10. The second-order valence-corrected chi connectivity index (χ2v) is 17.2. The Labute approximate surface area is 383 Å². The van der Waals surface area contributed by atoms with Crippen LogP contribution in [0, 0.1) is 0 Å². The third-order valence-corrected chi connectivity index (χ3v) is 13.6. The zero-order valence-electron chi connectivity index (χ0n) is 35.9. The lowest BCUT2D eigenvalue weighted by Crippen LogP contribution is -2.28. The second-order valence-electron chi connectivity index (χ2n) is 17.2. The molecule has 66 heavy (non-hydrogen) atoms. The number of furan rings is 1. The van der Waals surface area contributed by atoms with Crippen molar-refractivity contribution in [1.82, 2.24) is 9.97 Å². The molecule has 2 heterocycles. The third-order valence-electron chi connectivity index (χ3n) is 13.6. The van der Waals surface area contributed by atoms with E-state index in [-0.39, 0.29) is 0 Å². The summed E-state index contributed by atoms with van der Waals surface area (Å²) in [5.41, 5.74) is 18.2. The van der Waals surface area contributed by atoms with Crippen molar-refractivity contribution in [2.45, 2.75) is 5.41 Å². The SMILES string of the molecule is c1ccc(-c2nc(-c3ccc(-c4cccc(-c5cccc6c5-c5ccccc5C6(c5ccccc5)c5ccccc5)c4)c4ccccc34)cc(-c3cccc4c3oc3ccccc34)n2)cc1. The first-order valence-corrected chi connectivity index (χ1v) is 22.6. The highest BCUT2D eigenvalue weighted by Gasteiger charge is 2.46. The molecule has 13 rings (SSSR count). The van der Waals surface area contributed by atoms with Gasteiger partial charge in [-0.3, -0.25) is 0 Å². The van der Waals surface area contributed by atoms with Gasteiger partial charge in [-0.2, -0.15) is 0 Å². The molecule has 308 valence electrons. The summed E-state index contributed by atoms with van der Waals surface area (Å²) < 4.78 is 6.54. The molecule has 3 heteroatoms. The molecule has 3 nitrogen and oxygen atoms in total. The topological polar surface area (TPSA) is 38.9 Å². The molecule has 10 aromatic carbocycles. The predicted molar refractivity (Wildman–Crippen MR) is 271 cm³/mol. The molecule has 1 aliphatic carbocycles. The smallest absolute Gasteiger partial charge is 0.160 e. The van der Waals surface area contributed by atoms with E-state index in [4.69, 9.17) is 14.4 Å². The second kappa shape index (κ2) is 15.3. The van der Waals surface area contributed by atoms with E-state index in [1.165, 1.54) is 44.5 Å². The van der Waals surface area contributed by atoms with Crippen LogP contribution in [0.1, 0.15) is 22.3 Å². The highest BCUT2D eigenvalue weighted by atomic mass is 16.3. The Bertz CT molecular complexity index is 3780. The largest absolute Gasteiger partial charge is 0.455 e. The lowest BCUT2D eigenvalue weighted by Gasteiger charge is -2.34. The Hall–Kier alpha value is -8.66. The maximum absolute atomic E-state index is 6.54. The third kappa shape index (κ3) is 5.84. The van der Waals surface area contributed by atoms with E-state index in [0.717, 1.165) is 71.9 Å². The van der Waals surface area contributed by atoms with Gasteiger partial charge in [0.1, 0.15) is 11.2 Å². The number of hydrogen-bond acceptors (Lipinski definition) is 3. The van der Waals surface area contributed by atoms with Gasteiger partial charge < -0.3 is 4.42 Å². The van der Waals surface area contributed by atoms with Crippen molar-refractivity contribution in [3.05, 3.63) is 265 Å². The van der Waals surface area contributed by atoms with Crippen LogP contribution in [0.25, 0.3) is 100.0 Å². The number of benzene rings is 10. The molecule has 0 radical (unpaired) electrons. The van der Waals surface area contributed by atoms with Crippen LogP contribution >= 0.6 is 0 Å². The van der Waals surface area contributed by atoms with Crippen molar-refractivity contribution in [3.8, 4) is 67.3 Å². The fourth-order valence-electron chi connectivity index (χ4n) is 10.8. The van der Waals surface area contributed by atoms with Crippen LogP contribution in [-0.2, 0) is 5.41 Å². The molecule has 0 atom stereocenters. The van der Waals surface area contributed by atoms with Crippen LogP contribution in [0.5, 0.6) is 0 Å². The molecule has 0 unspecified atom stereocenters. The minimum atomic E-state index is -0.464. The maximum Gasteiger partial charge on any atom is 0.160 e. The summed E-state index contributed by atoms with van der Waals surface area (Å²) in [5.74, 6) is 0.664. The van der Waals surface area contributed by atoms with Gasteiger partial charge in [0.05, 0.1) is 16.8 Å². The van der Waals surface area contributed by atoms with Crippen molar-refractivity contribution in [3.63, 3.8) is 0 Å². The number of hydrogen-bond donors (Lipinski definition) is 0. The van der Waals surface area contributed by atoms with Gasteiger partial charge in [-0.1, -0.05) is 218 Å². The lowest BCUT2D eigenvalue weighted by molar-refractivity contribution is 0.670. The van der Waals surface area contributed by atoms with Gasteiger partial charge in [0.15, 0.2) is 5.82 Å². The molecular weight excluding hydrogens is 801 g/mol. The summed E-state index contributed by atoms with van der Waals surface area (Å²) >= 11 is 0. The summed E-state index contributed by atoms with van der Waals surface area (Å²) in [5, 5.41) is 4.43. The van der Waals surface area contributed by atoms with Crippen LogP contribution in [0.4, 0.5) is 0 Å². The van der Waals surface area contributed by atoms with Crippen molar-refractivity contribution in [2.75, 3.05) is 0 Å². The van der Waals surface area contributed by atoms with E-state index >= 15 is 0 Å². The van der Waals surface area contributed by atoms with E-state index in [0.29, 0.717) is 5.82 Å². The normalized spacial score (nSPS) is 12.7. The van der Waals surface area contributed by atoms with Crippen molar-refractivity contribution >= 4 is 32.7 Å². The van der Waals surface area contributed by atoms with E-state index in [1.54, 1.807) is 0 Å². The first kappa shape index (κ1) is 37.9. The molecule has 2 aromatic heterocycles. The van der Waals surface area contributed by atoms with Gasteiger partial charge in [-0.15, -0.1) is 0 Å². The van der Waals surface area contributed by atoms with Crippen LogP contribution < -0.4 is 0 Å². The maximum atomic E-state index is 6.54. The number of aromatic nitrogens is 2. The molecule has 0 amide bonds. The quantitative estimate of drug-likeness (QED) is 0.160. The first-order valence-electron chi connectivity index (χ1n) is 22.6. The molecule has 0 aliphatic heterocycles. The van der Waals surface area contributed by atoms with Gasteiger partial charge in [-0.05, 0) is 90.7 Å². The summed E-state index contributed by atoms with van der Waals surface area (Å²) in [4.78, 5) is 10.5. The van der Waals surface area contributed by atoms with Gasteiger partial charge in [0.25, 0.3) is 0 Å². The Morgan fingerprint density at radius 2 is 0.818 bits per heavy atom. The summed E-state index contributed by atoms with van der Waals surface area (Å²) in [6.07, 6.45) is 0. The van der Waals surface area contributed by atoms with Crippen molar-refractivity contribution < 1.29 is 4.42 Å². The number of rotatable bonds is 7. The molecule has 0 fully saturated rings. The van der Waals surface area contributed by atoms with Crippen LogP contribution in [-0.4, -0.2) is 9.97 Å². The van der Waals surface area contributed by atoms with Crippen LogP contribution in [0.2, 0.25) is 0 Å². The van der Waals surface area contributed by atoms with E-state index in [1.807, 2.05) is 30.3 Å². The van der Waals surface area contributed by atoms with Gasteiger partial charge in [0, 0.05) is 27.5 Å². The van der Waals surface area contributed by atoms with Gasteiger partial charge >= 0.3 is 0 Å². The monoisotopic (exact) mass is 840 g/mol. The standard InChI is InChI=1S/C63H40N2O/c1-4-19-41(20-5-1)62-64-57(40-58(65-62)54-33-17-32-52-51-29-13-15-36-59(51)66-61(52)54)50-38-37-46(48-27-10-11-28-49(48)50)42-21-16-22-43(39-42)47-31-18-35-56-60(47)53-30-12-14-34-55(53)63(56,44-23-6-2-7-24-44)45-25-8-3-9-26-45/h1-40H. The zero-order valence-corrected chi connectivity index (χ0v) is 35.9. The number of para-hydroxylation sites is 2. The van der Waals surface area contributed by atoms with E-state index in [2.05, 4.69) is 212 Å². The fraction of sp³-hybridized carbons (Fsp3) is 0.0159. The average molecular weight is 841 g/mol. The average Bonchev–Trinajstić information content (AvgIpc) is 3.93. The Balaban J connectivity index is 0.970. The minimum Gasteiger partial charge on any atom is -0.455 e. The predicted octanol–water partition coefficient (Wildman–Crippen LogP) is 16.2. The van der Waals surface area contributed by atoms with E-state index < -0.39 is 5.41 Å². The van der Waals surface area contributed by atoms with Crippen molar-refractivity contribution in [2.24, 2.45) is 0 Å². The molecule has 0 N–H and O–H groups in total. The molecule has 0 bridgehead atoms. The minimum absolute atomic E-state index is 0.464. The first-order chi connectivity index (χ1) is 32.7. The lowest BCUT2D eigenvalue weighted by atomic mass is 9.67. The van der Waals surface area contributed by atoms with Gasteiger partial charge in [0.2, 0.25) is 0 Å². The molecular formula is C63H40N2O. The summed E-state index contributed by atoms with van der Waals surface area (Å²) in [6.45, 7) is 0. The Kier molecular flexibility index (Phi) is 8.75. The summed E-state index contributed by atoms with van der Waals surface area (Å²) in [7, 11) is 0. The molecule has 0 spiro atoms. The molecule has 12 aromatic rings. The van der Waals surface area contributed by atoms with Crippen LogP contribution in [0.15, 0.2) is 247 Å².